The normalized spacial score (nSPS) is 14.0. The number of amides is 1. The number of hydrogen-bond acceptors (Lipinski definition) is 6. The number of nitrogens with zero attached hydrogens (tertiary/aromatic N) is 4. The van der Waals surface area contributed by atoms with Crippen LogP contribution in [0, 0.1) is 21.4 Å². The number of hydrogen-bond donors (Lipinski definition) is 1. The average Bonchev–Trinajstić information content (AvgIpc) is 2.99. The molecule has 0 spiro atoms. The van der Waals surface area contributed by atoms with Crippen molar-refractivity contribution in [1.82, 2.24) is 4.57 Å². The third kappa shape index (κ3) is 4.99. The van der Waals surface area contributed by atoms with Gasteiger partial charge in [-0.2, -0.15) is 5.26 Å². The van der Waals surface area contributed by atoms with Crippen molar-refractivity contribution < 1.29 is 9.72 Å². The van der Waals surface area contributed by atoms with Gasteiger partial charge in [-0.15, -0.1) is 0 Å². The molecular formula is C20H21N5O4. The number of benzene rings is 1. The summed E-state index contributed by atoms with van der Waals surface area (Å²) in [6.45, 7) is 1.61. The minimum Gasteiger partial charge on any atom is -0.372 e. The number of carbonyl (C=O) groups is 1. The van der Waals surface area contributed by atoms with Crippen LogP contribution in [0.25, 0.3) is 0 Å². The van der Waals surface area contributed by atoms with Crippen LogP contribution in [-0.2, 0) is 11.3 Å². The highest BCUT2D eigenvalue weighted by Crippen LogP contribution is 2.21. The van der Waals surface area contributed by atoms with Crippen LogP contribution in [-0.4, -0.2) is 28.5 Å². The van der Waals surface area contributed by atoms with Gasteiger partial charge in [0.05, 0.1) is 11.1 Å². The van der Waals surface area contributed by atoms with Crippen LogP contribution < -0.4 is 15.8 Å². The number of anilines is 2. The van der Waals surface area contributed by atoms with Crippen LogP contribution in [0.1, 0.15) is 31.2 Å². The first-order chi connectivity index (χ1) is 14.0. The van der Waals surface area contributed by atoms with Gasteiger partial charge >= 0.3 is 0 Å². The molecular weight excluding hydrogens is 374 g/mol. The largest absolute Gasteiger partial charge is 0.372 e. The maximum atomic E-state index is 12.3. The second-order valence-electron chi connectivity index (χ2n) is 6.91. The van der Waals surface area contributed by atoms with Gasteiger partial charge in [-0.05, 0) is 37.1 Å². The lowest BCUT2D eigenvalue weighted by atomic mass is 10.2. The van der Waals surface area contributed by atoms with Crippen LogP contribution in [0.3, 0.4) is 0 Å². The van der Waals surface area contributed by atoms with Crippen LogP contribution in [0.2, 0.25) is 0 Å². The number of nitro groups is 1. The van der Waals surface area contributed by atoms with Crippen molar-refractivity contribution in [3.8, 4) is 6.07 Å². The lowest BCUT2D eigenvalue weighted by Gasteiger charge is -2.22. The van der Waals surface area contributed by atoms with Gasteiger partial charge in [0.2, 0.25) is 5.91 Å². The van der Waals surface area contributed by atoms with Crippen LogP contribution in [0.15, 0.2) is 41.3 Å². The average molecular weight is 395 g/mol. The van der Waals surface area contributed by atoms with Gasteiger partial charge in [0.1, 0.15) is 18.2 Å². The van der Waals surface area contributed by atoms with Gasteiger partial charge in [-0.3, -0.25) is 24.3 Å². The molecule has 1 aromatic heterocycles. The van der Waals surface area contributed by atoms with E-state index in [0.717, 1.165) is 35.6 Å². The number of pyridine rings is 1. The van der Waals surface area contributed by atoms with Gasteiger partial charge in [0.25, 0.3) is 11.2 Å². The first-order valence-corrected chi connectivity index (χ1v) is 9.42. The molecule has 0 saturated carbocycles. The molecule has 2 heterocycles. The monoisotopic (exact) mass is 395 g/mol. The van der Waals surface area contributed by atoms with Crippen molar-refractivity contribution in [3.63, 3.8) is 0 Å². The lowest BCUT2D eigenvalue weighted by molar-refractivity contribution is -0.385. The Morgan fingerprint density at radius 1 is 1.17 bits per heavy atom. The zero-order chi connectivity index (χ0) is 20.8. The van der Waals surface area contributed by atoms with Crippen molar-refractivity contribution in [1.29, 1.82) is 5.26 Å². The summed E-state index contributed by atoms with van der Waals surface area (Å²) in [6, 6.07) is 9.97. The smallest absolute Gasteiger partial charge is 0.287 e. The maximum absolute atomic E-state index is 12.3. The van der Waals surface area contributed by atoms with E-state index in [2.05, 4.69) is 10.2 Å². The highest BCUT2D eigenvalue weighted by molar-refractivity contribution is 5.90. The summed E-state index contributed by atoms with van der Waals surface area (Å²) in [7, 11) is 0. The van der Waals surface area contributed by atoms with Crippen molar-refractivity contribution in [3.05, 3.63) is 62.6 Å². The molecule has 0 unspecified atom stereocenters. The van der Waals surface area contributed by atoms with Gasteiger partial charge in [0, 0.05) is 30.5 Å². The van der Waals surface area contributed by atoms with E-state index in [1.807, 2.05) is 12.1 Å². The number of nitriles is 1. The van der Waals surface area contributed by atoms with E-state index >= 15 is 0 Å². The molecule has 1 fully saturated rings. The van der Waals surface area contributed by atoms with E-state index in [1.165, 1.54) is 25.7 Å². The molecule has 0 bridgehead atoms. The Labute approximate surface area is 167 Å². The van der Waals surface area contributed by atoms with Gasteiger partial charge in [-0.25, -0.2) is 0 Å². The van der Waals surface area contributed by atoms with Crippen LogP contribution >= 0.6 is 0 Å². The van der Waals surface area contributed by atoms with Crippen LogP contribution in [0.4, 0.5) is 17.1 Å². The summed E-state index contributed by atoms with van der Waals surface area (Å²) >= 11 is 0. The van der Waals surface area contributed by atoms with Crippen molar-refractivity contribution in [2.45, 2.75) is 32.2 Å². The summed E-state index contributed by atoms with van der Waals surface area (Å²) in [5.41, 5.74) is 0.111. The molecule has 150 valence electrons. The highest BCUT2D eigenvalue weighted by atomic mass is 16.6. The second kappa shape index (κ2) is 9.01. The Bertz CT molecular complexity index is 999. The summed E-state index contributed by atoms with van der Waals surface area (Å²) < 4.78 is 0.873. The zero-order valence-corrected chi connectivity index (χ0v) is 15.8. The number of nitrogens with one attached hydrogen (secondary N) is 1. The standard InChI is InChI=1S/C20H21N5O4/c21-12-15-11-18(25(28)29)13-24(20(15)27)14-19(26)22-16-5-7-17(8-6-16)23-9-3-1-2-4-10-23/h5-8,11,13H,1-4,9-10,14H2,(H,22,26). The second-order valence-corrected chi connectivity index (χ2v) is 6.91. The predicted molar refractivity (Wildman–Crippen MR) is 108 cm³/mol. The summed E-state index contributed by atoms with van der Waals surface area (Å²) in [5, 5.41) is 22.6. The lowest BCUT2D eigenvalue weighted by Crippen LogP contribution is -2.29. The highest BCUT2D eigenvalue weighted by Gasteiger charge is 2.16. The summed E-state index contributed by atoms with van der Waals surface area (Å²) in [5.74, 6) is -0.515. The third-order valence-corrected chi connectivity index (χ3v) is 4.84. The molecule has 0 radical (unpaired) electrons. The quantitative estimate of drug-likeness (QED) is 0.613. The molecule has 0 aliphatic carbocycles. The Hall–Kier alpha value is -3.67. The molecule has 1 aliphatic rings. The van der Waals surface area contributed by atoms with E-state index in [-0.39, 0.29) is 5.56 Å². The maximum Gasteiger partial charge on any atom is 0.287 e. The fraction of sp³-hybridized carbons (Fsp3) is 0.350. The first kappa shape index (κ1) is 20.1. The number of rotatable bonds is 5. The molecule has 3 rings (SSSR count). The van der Waals surface area contributed by atoms with Crippen molar-refractivity contribution in [2.24, 2.45) is 0 Å². The molecule has 9 nitrogen and oxygen atoms in total. The topological polar surface area (TPSA) is 121 Å². The van der Waals surface area contributed by atoms with Crippen LogP contribution in [0.5, 0.6) is 0 Å². The molecule has 1 amide bonds. The molecule has 9 heteroatoms. The zero-order valence-electron chi connectivity index (χ0n) is 15.8. The molecule has 2 aromatic rings. The van der Waals surface area contributed by atoms with E-state index in [0.29, 0.717) is 5.69 Å². The van der Waals surface area contributed by atoms with Crippen molar-refractivity contribution >= 4 is 23.0 Å². The third-order valence-electron chi connectivity index (χ3n) is 4.84. The molecule has 0 atom stereocenters. The van der Waals surface area contributed by atoms with E-state index in [4.69, 9.17) is 5.26 Å². The molecule has 1 aromatic carbocycles. The predicted octanol–water partition coefficient (Wildman–Crippen LogP) is 2.65. The molecule has 29 heavy (non-hydrogen) atoms. The van der Waals surface area contributed by atoms with Crippen molar-refractivity contribution in [2.75, 3.05) is 23.3 Å². The van der Waals surface area contributed by atoms with Gasteiger partial charge in [0.15, 0.2) is 0 Å². The summed E-state index contributed by atoms with van der Waals surface area (Å²) in [6.07, 6.45) is 5.79. The minimum absolute atomic E-state index is 0.381. The van der Waals surface area contributed by atoms with E-state index in [1.54, 1.807) is 18.2 Å². The van der Waals surface area contributed by atoms with E-state index < -0.39 is 28.6 Å². The minimum atomic E-state index is -0.746. The fourth-order valence-electron chi connectivity index (χ4n) is 3.36. The first-order valence-electron chi connectivity index (χ1n) is 9.42. The Kier molecular flexibility index (Phi) is 6.24. The summed E-state index contributed by atoms with van der Waals surface area (Å²) in [4.78, 5) is 37.0. The SMILES string of the molecule is N#Cc1cc([N+](=O)[O-])cn(CC(=O)Nc2ccc(N3CCCCCC3)cc2)c1=O. The number of carbonyl (C=O) groups excluding carboxylic acids is 1. The van der Waals surface area contributed by atoms with E-state index in [9.17, 15) is 19.7 Å². The Morgan fingerprint density at radius 3 is 2.41 bits per heavy atom. The van der Waals surface area contributed by atoms with Gasteiger partial charge < -0.3 is 10.2 Å². The van der Waals surface area contributed by atoms with Gasteiger partial charge in [-0.1, -0.05) is 12.8 Å². The molecule has 1 N–H and O–H groups in total. The Morgan fingerprint density at radius 2 is 1.83 bits per heavy atom. The molecule has 1 saturated heterocycles. The number of aromatic nitrogens is 1. The Balaban J connectivity index is 1.69. The molecule has 1 aliphatic heterocycles. The fourth-order valence-corrected chi connectivity index (χ4v) is 3.36.